The highest BCUT2D eigenvalue weighted by atomic mass is 16.5. The second-order valence-corrected chi connectivity index (χ2v) is 11.1. The fraction of sp³-hybridized carbons (Fsp3) is 0.769. The van der Waals surface area contributed by atoms with Crippen LogP contribution in [0.3, 0.4) is 0 Å². The van der Waals surface area contributed by atoms with Crippen molar-refractivity contribution in [3.63, 3.8) is 0 Å². The average molecular weight is 413 g/mol. The number of aliphatic hydroxyl groups is 2. The minimum Gasteiger partial charge on any atom is -0.493 e. The van der Waals surface area contributed by atoms with E-state index in [1.807, 2.05) is 0 Å². The molecule has 2 N–H and O–H groups in total. The number of aliphatic hydroxyl groups excluding tert-OH is 2. The third-order valence-electron chi connectivity index (χ3n) is 10.1. The molecule has 5 aliphatic rings. The third kappa shape index (κ3) is 2.15. The molecular weight excluding hydrogens is 376 g/mol. The maximum Gasteiger partial charge on any atom is 0.166 e. The minimum atomic E-state index is -0.615. The summed E-state index contributed by atoms with van der Waals surface area (Å²) >= 11 is 0. The molecule has 4 heteroatoms. The number of rotatable bonds is 6. The SMILES string of the molecule is COc1ccc2c3c1O[C@]1(C)C(O)CC[C@@]4(CCCO)[C@@H](C2)C(CC2CC2)CC[C@@]341. The Balaban J connectivity index is 1.59. The lowest BCUT2D eigenvalue weighted by molar-refractivity contribution is -0.209. The van der Waals surface area contributed by atoms with Crippen LogP contribution in [0.15, 0.2) is 12.1 Å². The molecule has 1 spiro atoms. The van der Waals surface area contributed by atoms with Crippen molar-refractivity contribution >= 4 is 0 Å². The largest absolute Gasteiger partial charge is 0.493 e. The van der Waals surface area contributed by atoms with Gasteiger partial charge >= 0.3 is 0 Å². The summed E-state index contributed by atoms with van der Waals surface area (Å²) in [5.41, 5.74) is 2.09. The second-order valence-electron chi connectivity index (χ2n) is 11.1. The molecule has 1 aromatic carbocycles. The Morgan fingerprint density at radius 2 is 2.00 bits per heavy atom. The zero-order chi connectivity index (χ0) is 20.7. The second kappa shape index (κ2) is 6.38. The summed E-state index contributed by atoms with van der Waals surface area (Å²) in [6.07, 6.45) is 10.9. The first-order chi connectivity index (χ1) is 14.5. The van der Waals surface area contributed by atoms with E-state index < -0.39 is 11.7 Å². The first-order valence-corrected chi connectivity index (χ1v) is 12.2. The summed E-state index contributed by atoms with van der Waals surface area (Å²) in [4.78, 5) is 0. The molecule has 1 heterocycles. The first-order valence-electron chi connectivity index (χ1n) is 12.2. The van der Waals surface area contributed by atoms with Crippen molar-refractivity contribution in [2.75, 3.05) is 13.7 Å². The van der Waals surface area contributed by atoms with E-state index in [-0.39, 0.29) is 17.4 Å². The van der Waals surface area contributed by atoms with Crippen LogP contribution >= 0.6 is 0 Å². The molecule has 3 saturated carbocycles. The van der Waals surface area contributed by atoms with Gasteiger partial charge in [-0.2, -0.15) is 0 Å². The predicted molar refractivity (Wildman–Crippen MR) is 115 cm³/mol. The highest BCUT2D eigenvalue weighted by Gasteiger charge is 2.77. The number of ether oxygens (including phenoxy) is 2. The zero-order valence-corrected chi connectivity index (χ0v) is 18.5. The topological polar surface area (TPSA) is 58.9 Å². The molecule has 4 nitrogen and oxygen atoms in total. The maximum atomic E-state index is 11.4. The van der Waals surface area contributed by atoms with E-state index in [1.54, 1.807) is 7.11 Å². The molecule has 30 heavy (non-hydrogen) atoms. The van der Waals surface area contributed by atoms with Crippen LogP contribution < -0.4 is 9.47 Å². The Bertz CT molecular complexity index is 859. The van der Waals surface area contributed by atoms with Crippen LogP contribution in [0.1, 0.15) is 75.8 Å². The van der Waals surface area contributed by atoms with Gasteiger partial charge in [-0.1, -0.05) is 18.9 Å². The number of hydrogen-bond donors (Lipinski definition) is 2. The van der Waals surface area contributed by atoms with Crippen LogP contribution in [0.2, 0.25) is 0 Å². The van der Waals surface area contributed by atoms with Gasteiger partial charge in [0.25, 0.3) is 0 Å². The fourth-order valence-corrected chi connectivity index (χ4v) is 8.79. The fourth-order valence-electron chi connectivity index (χ4n) is 8.79. The van der Waals surface area contributed by atoms with Gasteiger partial charge in [0.05, 0.1) is 13.2 Å². The van der Waals surface area contributed by atoms with Gasteiger partial charge < -0.3 is 19.7 Å². The van der Waals surface area contributed by atoms with Gasteiger partial charge in [0.2, 0.25) is 0 Å². The predicted octanol–water partition coefficient (Wildman–Crippen LogP) is 4.38. The Labute approximate surface area is 180 Å². The van der Waals surface area contributed by atoms with E-state index in [9.17, 15) is 10.2 Å². The molecule has 0 saturated heterocycles. The molecular formula is C26H36O4. The van der Waals surface area contributed by atoms with Gasteiger partial charge in [-0.05, 0) is 93.1 Å². The monoisotopic (exact) mass is 412 g/mol. The lowest BCUT2D eigenvalue weighted by Crippen LogP contribution is -2.73. The van der Waals surface area contributed by atoms with Gasteiger partial charge in [-0.25, -0.2) is 0 Å². The Hall–Kier alpha value is -1.26. The molecule has 6 atom stereocenters. The number of methoxy groups -OCH3 is 1. The van der Waals surface area contributed by atoms with Crippen molar-refractivity contribution in [1.82, 2.24) is 0 Å². The molecule has 6 rings (SSSR count). The van der Waals surface area contributed by atoms with E-state index in [1.165, 1.54) is 36.8 Å². The van der Waals surface area contributed by atoms with Crippen LogP contribution in [0.5, 0.6) is 11.5 Å². The Morgan fingerprint density at radius 3 is 2.73 bits per heavy atom. The van der Waals surface area contributed by atoms with E-state index >= 15 is 0 Å². The smallest absolute Gasteiger partial charge is 0.166 e. The molecule has 0 radical (unpaired) electrons. The summed E-state index contributed by atoms with van der Waals surface area (Å²) in [5.74, 6) is 4.03. The Kier molecular flexibility index (Phi) is 4.13. The van der Waals surface area contributed by atoms with Gasteiger partial charge in [-0.3, -0.25) is 0 Å². The van der Waals surface area contributed by atoms with Crippen molar-refractivity contribution in [2.24, 2.45) is 23.2 Å². The van der Waals surface area contributed by atoms with Crippen molar-refractivity contribution in [1.29, 1.82) is 0 Å². The third-order valence-corrected chi connectivity index (χ3v) is 10.1. The van der Waals surface area contributed by atoms with E-state index in [0.717, 1.165) is 61.9 Å². The van der Waals surface area contributed by atoms with Crippen LogP contribution in [-0.2, 0) is 11.8 Å². The van der Waals surface area contributed by atoms with Gasteiger partial charge in [-0.15, -0.1) is 0 Å². The molecule has 2 unspecified atom stereocenters. The van der Waals surface area contributed by atoms with Crippen molar-refractivity contribution in [3.05, 3.63) is 23.3 Å². The van der Waals surface area contributed by atoms with E-state index in [0.29, 0.717) is 5.92 Å². The summed E-state index contributed by atoms with van der Waals surface area (Å²) in [7, 11) is 1.72. The van der Waals surface area contributed by atoms with Crippen LogP contribution in [0.25, 0.3) is 0 Å². The van der Waals surface area contributed by atoms with Crippen LogP contribution in [-0.4, -0.2) is 35.6 Å². The average Bonchev–Trinajstić information content (AvgIpc) is 3.51. The summed E-state index contributed by atoms with van der Waals surface area (Å²) in [6, 6.07) is 4.35. The van der Waals surface area contributed by atoms with Crippen molar-refractivity contribution in [3.8, 4) is 11.5 Å². The van der Waals surface area contributed by atoms with Gasteiger partial charge in [0, 0.05) is 17.6 Å². The van der Waals surface area contributed by atoms with E-state index in [4.69, 9.17) is 9.47 Å². The minimum absolute atomic E-state index is 0.103. The molecule has 1 aromatic rings. The molecule has 0 amide bonds. The number of benzene rings is 1. The first kappa shape index (κ1) is 19.4. The highest BCUT2D eigenvalue weighted by molar-refractivity contribution is 5.63. The number of hydrogen-bond acceptors (Lipinski definition) is 4. The molecule has 1 aliphatic heterocycles. The van der Waals surface area contributed by atoms with Gasteiger partial charge in [0.15, 0.2) is 11.5 Å². The quantitative estimate of drug-likeness (QED) is 0.728. The van der Waals surface area contributed by atoms with Crippen LogP contribution in [0.4, 0.5) is 0 Å². The molecule has 0 aromatic heterocycles. The molecule has 3 fully saturated rings. The van der Waals surface area contributed by atoms with E-state index in [2.05, 4.69) is 19.1 Å². The van der Waals surface area contributed by atoms with Gasteiger partial charge in [0.1, 0.15) is 5.60 Å². The summed E-state index contributed by atoms with van der Waals surface area (Å²) in [6.45, 7) is 2.42. The Morgan fingerprint density at radius 1 is 1.17 bits per heavy atom. The van der Waals surface area contributed by atoms with Crippen molar-refractivity contribution in [2.45, 2.75) is 88.3 Å². The van der Waals surface area contributed by atoms with Crippen molar-refractivity contribution < 1.29 is 19.7 Å². The standard InChI is InChI=1S/C26H36O4/c1-24-21(28)9-11-25(10-3-13-27)19-15-18-6-7-20(29-2)23(30-24)22(18)26(24,25)12-8-17(19)14-16-4-5-16/h6-7,16-17,19,21,27-28H,3-5,8-15H2,1-2H3/t17?,19-,21?,24+,25-,26-/m0/s1. The molecule has 2 bridgehead atoms. The molecule has 4 aliphatic carbocycles. The zero-order valence-electron chi connectivity index (χ0n) is 18.5. The summed E-state index contributed by atoms with van der Waals surface area (Å²) in [5, 5.41) is 21.2. The highest BCUT2D eigenvalue weighted by Crippen LogP contribution is 2.76. The maximum absolute atomic E-state index is 11.4. The lowest BCUT2D eigenvalue weighted by atomic mass is 9.35. The normalized spacial score (nSPS) is 43.1. The lowest BCUT2D eigenvalue weighted by Gasteiger charge is -2.69. The molecule has 164 valence electrons. The van der Waals surface area contributed by atoms with Crippen LogP contribution in [0, 0.1) is 23.2 Å². The summed E-state index contributed by atoms with van der Waals surface area (Å²) < 4.78 is 12.5.